The molecule has 0 saturated heterocycles. The van der Waals surface area contributed by atoms with Crippen LogP contribution in [0.4, 0.5) is 10.8 Å². The van der Waals surface area contributed by atoms with E-state index in [2.05, 4.69) is 15.0 Å². The molecule has 1 atom stereocenters. The van der Waals surface area contributed by atoms with Gasteiger partial charge in [0.15, 0.2) is 5.13 Å². The van der Waals surface area contributed by atoms with Crippen LogP contribution < -0.4 is 14.8 Å². The van der Waals surface area contributed by atoms with Gasteiger partial charge in [-0.15, -0.1) is 11.3 Å². The number of hydrogen-bond acceptors (Lipinski definition) is 6. The highest BCUT2D eigenvalue weighted by molar-refractivity contribution is 7.92. The number of nitrogens with zero attached hydrogens (tertiary/aromatic N) is 1. The number of carbonyl (C=O) groups is 1. The number of carbonyl (C=O) groups excluding carboxylic acids is 1. The fourth-order valence-corrected chi connectivity index (χ4v) is 4.68. The monoisotopic (exact) mass is 481 g/mol. The lowest BCUT2D eigenvalue weighted by atomic mass is 9.97. The zero-order valence-corrected chi connectivity index (χ0v) is 20.0. The first kappa shape index (κ1) is 22.8. The molecule has 0 aliphatic carbocycles. The van der Waals surface area contributed by atoms with Gasteiger partial charge in [0.2, 0.25) is 15.9 Å². The Morgan fingerprint density at radius 1 is 1.03 bits per heavy atom. The zero-order chi connectivity index (χ0) is 23.6. The second-order valence-electron chi connectivity index (χ2n) is 7.67. The molecule has 33 heavy (non-hydrogen) atoms. The van der Waals surface area contributed by atoms with Crippen LogP contribution >= 0.6 is 11.3 Å². The van der Waals surface area contributed by atoms with Gasteiger partial charge in [0.05, 0.1) is 25.0 Å². The van der Waals surface area contributed by atoms with Gasteiger partial charge < -0.3 is 10.1 Å². The number of sulfonamides is 1. The Labute approximate surface area is 196 Å². The lowest BCUT2D eigenvalue weighted by Gasteiger charge is -2.12. The number of thiazole rings is 1. The number of amides is 1. The molecule has 0 saturated carbocycles. The Bertz CT molecular complexity index is 1410. The molecule has 1 amide bonds. The summed E-state index contributed by atoms with van der Waals surface area (Å²) in [6.45, 7) is 1.86. The summed E-state index contributed by atoms with van der Waals surface area (Å²) >= 11 is 1.34. The van der Waals surface area contributed by atoms with Crippen LogP contribution in [-0.2, 0) is 14.8 Å². The zero-order valence-electron chi connectivity index (χ0n) is 18.3. The molecule has 0 unspecified atom stereocenters. The van der Waals surface area contributed by atoms with Gasteiger partial charge in [0, 0.05) is 16.6 Å². The van der Waals surface area contributed by atoms with E-state index in [9.17, 15) is 13.2 Å². The van der Waals surface area contributed by atoms with Crippen molar-refractivity contribution in [1.29, 1.82) is 0 Å². The predicted molar refractivity (Wildman–Crippen MR) is 134 cm³/mol. The lowest BCUT2D eigenvalue weighted by molar-refractivity contribution is -0.117. The first-order valence-corrected chi connectivity index (χ1v) is 12.9. The quantitative estimate of drug-likeness (QED) is 0.383. The maximum absolute atomic E-state index is 12.8. The minimum absolute atomic E-state index is 0.142. The number of ether oxygens (including phenoxy) is 1. The average molecular weight is 482 g/mol. The number of anilines is 2. The van der Waals surface area contributed by atoms with Gasteiger partial charge >= 0.3 is 0 Å². The number of nitrogens with one attached hydrogen (secondary N) is 2. The predicted octanol–water partition coefficient (Wildman–Crippen LogP) is 5.09. The smallest absolute Gasteiger partial charge is 0.233 e. The highest BCUT2D eigenvalue weighted by Gasteiger charge is 2.17. The number of hydrogen-bond donors (Lipinski definition) is 2. The molecule has 4 rings (SSSR count). The van der Waals surface area contributed by atoms with E-state index in [1.54, 1.807) is 31.4 Å². The molecule has 170 valence electrons. The summed E-state index contributed by atoms with van der Waals surface area (Å²) in [7, 11) is -1.69. The summed E-state index contributed by atoms with van der Waals surface area (Å²) in [6.07, 6.45) is 1.10. The van der Waals surface area contributed by atoms with Crippen molar-refractivity contribution in [2.45, 2.75) is 12.8 Å². The van der Waals surface area contributed by atoms with Crippen LogP contribution in [0, 0.1) is 0 Å². The van der Waals surface area contributed by atoms with Gasteiger partial charge in [-0.2, -0.15) is 0 Å². The summed E-state index contributed by atoms with van der Waals surface area (Å²) in [5.41, 5.74) is 2.92. The topological polar surface area (TPSA) is 97.4 Å². The van der Waals surface area contributed by atoms with Crippen LogP contribution in [0.25, 0.3) is 22.0 Å². The second-order valence-corrected chi connectivity index (χ2v) is 10.3. The molecule has 0 bridgehead atoms. The van der Waals surface area contributed by atoms with Crippen LogP contribution in [0.3, 0.4) is 0 Å². The molecule has 9 heteroatoms. The lowest BCUT2D eigenvalue weighted by Crippen LogP contribution is -2.18. The minimum Gasteiger partial charge on any atom is -0.497 e. The van der Waals surface area contributed by atoms with Crippen molar-refractivity contribution in [3.63, 3.8) is 0 Å². The Hall–Kier alpha value is -3.43. The molecule has 0 fully saturated rings. The van der Waals surface area contributed by atoms with E-state index in [-0.39, 0.29) is 11.8 Å². The van der Waals surface area contributed by atoms with E-state index in [4.69, 9.17) is 4.74 Å². The minimum atomic E-state index is -3.33. The van der Waals surface area contributed by atoms with Crippen molar-refractivity contribution < 1.29 is 17.9 Å². The van der Waals surface area contributed by atoms with E-state index < -0.39 is 10.0 Å². The third kappa shape index (κ3) is 5.50. The standard InChI is InChI=1S/C24H23N3O4S2/c1-15(17-4-5-19-13-21(31-2)11-8-18(19)12-17)23(28)26-24-25-22(14-32-24)16-6-9-20(10-7-16)27-33(3,29)30/h4-15,27H,1-3H3,(H,25,26,28)/t15-/m0/s1. The van der Waals surface area contributed by atoms with E-state index in [1.165, 1.54) is 11.3 Å². The number of benzene rings is 3. The molecule has 0 radical (unpaired) electrons. The molecule has 0 spiro atoms. The molecule has 0 aliphatic heterocycles. The molecule has 4 aromatic rings. The van der Waals surface area contributed by atoms with Gasteiger partial charge in [-0.3, -0.25) is 9.52 Å². The Morgan fingerprint density at radius 2 is 1.73 bits per heavy atom. The van der Waals surface area contributed by atoms with Gasteiger partial charge in [-0.05, 0) is 47.5 Å². The van der Waals surface area contributed by atoms with Gasteiger partial charge in [-0.25, -0.2) is 13.4 Å². The van der Waals surface area contributed by atoms with Gasteiger partial charge in [0.25, 0.3) is 0 Å². The molecule has 3 aromatic carbocycles. The highest BCUT2D eigenvalue weighted by atomic mass is 32.2. The molecule has 0 aliphatic rings. The fraction of sp³-hybridized carbons (Fsp3) is 0.167. The van der Waals surface area contributed by atoms with E-state index in [0.717, 1.165) is 33.9 Å². The van der Waals surface area contributed by atoms with Crippen molar-refractivity contribution >= 4 is 48.9 Å². The second kappa shape index (κ2) is 9.21. The summed E-state index contributed by atoms with van der Waals surface area (Å²) < 4.78 is 30.4. The van der Waals surface area contributed by atoms with Crippen molar-refractivity contribution in [2.75, 3.05) is 23.4 Å². The van der Waals surface area contributed by atoms with Crippen LogP contribution in [0.2, 0.25) is 0 Å². The van der Waals surface area contributed by atoms with Crippen molar-refractivity contribution in [3.05, 3.63) is 71.6 Å². The number of fused-ring (bicyclic) bond motifs is 1. The fourth-order valence-electron chi connectivity index (χ4n) is 3.39. The first-order valence-electron chi connectivity index (χ1n) is 10.1. The van der Waals surface area contributed by atoms with Gasteiger partial charge in [0.1, 0.15) is 5.75 Å². The third-order valence-corrected chi connectivity index (χ3v) is 6.55. The van der Waals surface area contributed by atoms with E-state index in [1.807, 2.05) is 48.7 Å². The third-order valence-electron chi connectivity index (χ3n) is 5.18. The molecule has 1 aromatic heterocycles. The Morgan fingerprint density at radius 3 is 2.42 bits per heavy atom. The molecule has 7 nitrogen and oxygen atoms in total. The molecular formula is C24H23N3O4S2. The van der Waals surface area contributed by atoms with Gasteiger partial charge in [-0.1, -0.05) is 36.4 Å². The van der Waals surface area contributed by atoms with E-state index >= 15 is 0 Å². The van der Waals surface area contributed by atoms with Crippen molar-refractivity contribution in [3.8, 4) is 17.0 Å². The summed E-state index contributed by atoms with van der Waals surface area (Å²) in [6, 6.07) is 18.7. The highest BCUT2D eigenvalue weighted by Crippen LogP contribution is 2.29. The van der Waals surface area contributed by atoms with E-state index in [0.29, 0.717) is 16.5 Å². The number of rotatable bonds is 7. The Balaban J connectivity index is 1.45. The van der Waals surface area contributed by atoms with Crippen LogP contribution in [0.5, 0.6) is 5.75 Å². The SMILES string of the molecule is COc1ccc2cc([C@H](C)C(=O)Nc3nc(-c4ccc(NS(C)(=O)=O)cc4)cs3)ccc2c1. The van der Waals surface area contributed by atoms with Crippen molar-refractivity contribution in [2.24, 2.45) is 0 Å². The molecular weight excluding hydrogens is 458 g/mol. The molecule has 1 heterocycles. The van der Waals surface area contributed by atoms with Crippen LogP contribution in [0.15, 0.2) is 66.0 Å². The van der Waals surface area contributed by atoms with Crippen LogP contribution in [0.1, 0.15) is 18.4 Å². The summed E-state index contributed by atoms with van der Waals surface area (Å²) in [5.74, 6) is 0.295. The number of aromatic nitrogens is 1. The summed E-state index contributed by atoms with van der Waals surface area (Å²) in [5, 5.41) is 7.34. The van der Waals surface area contributed by atoms with Crippen LogP contribution in [-0.4, -0.2) is 32.7 Å². The normalized spacial score (nSPS) is 12.3. The first-order chi connectivity index (χ1) is 15.7. The maximum atomic E-state index is 12.8. The average Bonchev–Trinajstić information content (AvgIpc) is 3.25. The maximum Gasteiger partial charge on any atom is 0.233 e. The largest absolute Gasteiger partial charge is 0.497 e. The van der Waals surface area contributed by atoms with Crippen molar-refractivity contribution in [1.82, 2.24) is 4.98 Å². The molecule has 2 N–H and O–H groups in total. The summed E-state index contributed by atoms with van der Waals surface area (Å²) in [4.78, 5) is 17.3. The number of methoxy groups -OCH3 is 1. The Kier molecular flexibility index (Phi) is 6.35.